The maximum Gasteiger partial charge on any atom is 0.262 e. The van der Waals surface area contributed by atoms with Crippen molar-refractivity contribution in [3.8, 4) is 17.6 Å². The number of hydrogen-bond donors (Lipinski definition) is 1. The molecule has 6 heteroatoms. The van der Waals surface area contributed by atoms with Gasteiger partial charge in [-0.3, -0.25) is 4.79 Å². The molecule has 5 nitrogen and oxygen atoms in total. The number of methoxy groups -OCH3 is 1. The van der Waals surface area contributed by atoms with Crippen LogP contribution in [0.3, 0.4) is 0 Å². The average Bonchev–Trinajstić information content (AvgIpc) is 2.56. The molecule has 0 atom stereocenters. The fourth-order valence-corrected chi connectivity index (χ4v) is 2.62. The average molecular weight is 345 g/mol. The van der Waals surface area contributed by atoms with Crippen LogP contribution in [-0.2, 0) is 4.79 Å². The Balaban J connectivity index is 2.06. The zero-order valence-electron chi connectivity index (χ0n) is 13.6. The van der Waals surface area contributed by atoms with Crippen molar-refractivity contribution < 1.29 is 14.3 Å². The van der Waals surface area contributed by atoms with Crippen LogP contribution in [0.1, 0.15) is 16.7 Å². The van der Waals surface area contributed by atoms with Crippen LogP contribution in [-0.4, -0.2) is 19.6 Å². The number of amides is 1. The van der Waals surface area contributed by atoms with Crippen molar-refractivity contribution in [2.24, 2.45) is 0 Å². The van der Waals surface area contributed by atoms with Crippen molar-refractivity contribution in [3.05, 3.63) is 52.0 Å². The minimum atomic E-state index is -0.338. The molecule has 0 aliphatic rings. The van der Waals surface area contributed by atoms with Crippen molar-refractivity contribution in [1.29, 1.82) is 5.26 Å². The number of anilines is 1. The predicted molar refractivity (Wildman–Crippen MR) is 92.8 cm³/mol. The summed E-state index contributed by atoms with van der Waals surface area (Å²) in [4.78, 5) is 12.1. The van der Waals surface area contributed by atoms with Gasteiger partial charge in [0.25, 0.3) is 5.91 Å². The first-order chi connectivity index (χ1) is 11.4. The van der Waals surface area contributed by atoms with Gasteiger partial charge in [0.1, 0.15) is 0 Å². The predicted octanol–water partition coefficient (Wildman–Crippen LogP) is 3.85. The van der Waals surface area contributed by atoms with Gasteiger partial charge in [0, 0.05) is 6.07 Å². The van der Waals surface area contributed by atoms with E-state index >= 15 is 0 Å². The van der Waals surface area contributed by atoms with E-state index in [0.29, 0.717) is 27.8 Å². The molecule has 0 saturated carbocycles. The zero-order valence-corrected chi connectivity index (χ0v) is 14.4. The van der Waals surface area contributed by atoms with Gasteiger partial charge in [-0.25, -0.2) is 0 Å². The standard InChI is InChI=1S/C18H17ClN2O3/c1-11-6-12(2)18(14(19)7-11)21-17(22)10-24-15-5-4-13(9-20)8-16(15)23-3/h4-8H,10H2,1-3H3,(H,21,22). The molecule has 0 saturated heterocycles. The number of benzene rings is 2. The molecule has 2 rings (SSSR count). The van der Waals surface area contributed by atoms with E-state index in [9.17, 15) is 4.79 Å². The Hall–Kier alpha value is -2.71. The SMILES string of the molecule is COc1cc(C#N)ccc1OCC(=O)Nc1c(C)cc(C)cc1Cl. The third-order valence-corrected chi connectivity index (χ3v) is 3.65. The lowest BCUT2D eigenvalue weighted by Gasteiger charge is -2.13. The number of nitriles is 1. The number of nitrogens with zero attached hydrogens (tertiary/aromatic N) is 1. The van der Waals surface area contributed by atoms with Gasteiger partial charge < -0.3 is 14.8 Å². The summed E-state index contributed by atoms with van der Waals surface area (Å²) < 4.78 is 10.6. The first-order valence-electron chi connectivity index (χ1n) is 7.22. The molecule has 0 aliphatic heterocycles. The van der Waals surface area contributed by atoms with E-state index in [4.69, 9.17) is 26.3 Å². The monoisotopic (exact) mass is 344 g/mol. The van der Waals surface area contributed by atoms with E-state index < -0.39 is 0 Å². The molecule has 0 spiro atoms. The zero-order chi connectivity index (χ0) is 17.7. The van der Waals surface area contributed by atoms with E-state index in [1.807, 2.05) is 26.0 Å². The number of aryl methyl sites for hydroxylation is 2. The van der Waals surface area contributed by atoms with Crippen LogP contribution in [0.4, 0.5) is 5.69 Å². The van der Waals surface area contributed by atoms with Crippen molar-refractivity contribution >= 4 is 23.2 Å². The molecule has 0 heterocycles. The molecule has 2 aromatic rings. The Bertz CT molecular complexity index is 789. The lowest BCUT2D eigenvalue weighted by Crippen LogP contribution is -2.21. The fourth-order valence-electron chi connectivity index (χ4n) is 2.25. The minimum Gasteiger partial charge on any atom is -0.493 e. The second-order valence-electron chi connectivity index (χ2n) is 5.25. The van der Waals surface area contributed by atoms with Gasteiger partial charge in [0.2, 0.25) is 0 Å². The molecule has 0 aromatic heterocycles. The Labute approximate surface area is 145 Å². The molecule has 124 valence electrons. The van der Waals surface area contributed by atoms with Crippen LogP contribution in [0.2, 0.25) is 5.02 Å². The Kier molecular flexibility index (Phi) is 5.67. The summed E-state index contributed by atoms with van der Waals surface area (Å²) in [6, 6.07) is 10.5. The first kappa shape index (κ1) is 17.6. The number of nitrogens with one attached hydrogen (secondary N) is 1. The van der Waals surface area contributed by atoms with Crippen LogP contribution in [0.25, 0.3) is 0 Å². The molecule has 0 aliphatic carbocycles. The highest BCUT2D eigenvalue weighted by atomic mass is 35.5. The van der Waals surface area contributed by atoms with Gasteiger partial charge in [-0.2, -0.15) is 5.26 Å². The smallest absolute Gasteiger partial charge is 0.262 e. The van der Waals surface area contributed by atoms with Crippen molar-refractivity contribution in [3.63, 3.8) is 0 Å². The van der Waals surface area contributed by atoms with E-state index in [1.54, 1.807) is 24.3 Å². The second-order valence-corrected chi connectivity index (χ2v) is 5.66. The van der Waals surface area contributed by atoms with Gasteiger partial charge in [-0.1, -0.05) is 17.7 Å². The number of hydrogen-bond acceptors (Lipinski definition) is 4. The number of carbonyl (C=O) groups is 1. The number of ether oxygens (including phenoxy) is 2. The summed E-state index contributed by atoms with van der Waals surface area (Å²) >= 11 is 6.17. The third-order valence-electron chi connectivity index (χ3n) is 3.35. The van der Waals surface area contributed by atoms with Crippen molar-refractivity contribution in [2.75, 3.05) is 19.0 Å². The topological polar surface area (TPSA) is 71.3 Å². The van der Waals surface area contributed by atoms with Gasteiger partial charge >= 0.3 is 0 Å². The second kappa shape index (κ2) is 7.71. The molecule has 24 heavy (non-hydrogen) atoms. The van der Waals surface area contributed by atoms with Gasteiger partial charge in [0.05, 0.1) is 29.5 Å². The lowest BCUT2D eigenvalue weighted by molar-refractivity contribution is -0.118. The van der Waals surface area contributed by atoms with E-state index in [0.717, 1.165) is 11.1 Å². The molecule has 0 bridgehead atoms. The molecule has 1 N–H and O–H groups in total. The molecular weight excluding hydrogens is 328 g/mol. The van der Waals surface area contributed by atoms with Crippen LogP contribution >= 0.6 is 11.6 Å². The van der Waals surface area contributed by atoms with Crippen LogP contribution in [0.15, 0.2) is 30.3 Å². The third kappa shape index (κ3) is 4.18. The summed E-state index contributed by atoms with van der Waals surface area (Å²) in [5, 5.41) is 12.1. The molecular formula is C18H17ClN2O3. The number of rotatable bonds is 5. The Morgan fingerprint density at radius 1 is 1.25 bits per heavy atom. The van der Waals surface area contributed by atoms with Crippen LogP contribution < -0.4 is 14.8 Å². The highest BCUT2D eigenvalue weighted by molar-refractivity contribution is 6.34. The molecule has 1 amide bonds. The summed E-state index contributed by atoms with van der Waals surface area (Å²) in [6.45, 7) is 3.61. The first-order valence-corrected chi connectivity index (χ1v) is 7.60. The largest absolute Gasteiger partial charge is 0.493 e. The number of halogens is 1. The lowest BCUT2D eigenvalue weighted by atomic mass is 10.1. The van der Waals surface area contributed by atoms with Crippen LogP contribution in [0.5, 0.6) is 11.5 Å². The maximum absolute atomic E-state index is 12.1. The molecule has 2 aromatic carbocycles. The van der Waals surface area contributed by atoms with E-state index in [1.165, 1.54) is 7.11 Å². The normalized spacial score (nSPS) is 9.96. The van der Waals surface area contributed by atoms with Crippen molar-refractivity contribution in [1.82, 2.24) is 0 Å². The number of carbonyl (C=O) groups excluding carboxylic acids is 1. The molecule has 0 fully saturated rings. The van der Waals surface area contributed by atoms with Crippen LogP contribution in [0, 0.1) is 25.2 Å². The van der Waals surface area contributed by atoms with Crippen molar-refractivity contribution in [2.45, 2.75) is 13.8 Å². The van der Waals surface area contributed by atoms with E-state index in [-0.39, 0.29) is 12.5 Å². The quantitative estimate of drug-likeness (QED) is 0.894. The minimum absolute atomic E-state index is 0.202. The van der Waals surface area contributed by atoms with E-state index in [2.05, 4.69) is 5.32 Å². The summed E-state index contributed by atoms with van der Waals surface area (Å²) in [5.74, 6) is 0.444. The summed E-state index contributed by atoms with van der Waals surface area (Å²) in [7, 11) is 1.47. The van der Waals surface area contributed by atoms with Gasteiger partial charge in [-0.15, -0.1) is 0 Å². The highest BCUT2D eigenvalue weighted by Crippen LogP contribution is 2.29. The Morgan fingerprint density at radius 2 is 2.00 bits per heavy atom. The molecule has 0 unspecified atom stereocenters. The fraction of sp³-hybridized carbons (Fsp3) is 0.222. The summed E-state index contributed by atoms with van der Waals surface area (Å²) in [6.07, 6.45) is 0. The van der Waals surface area contributed by atoms with Gasteiger partial charge in [-0.05, 0) is 43.2 Å². The highest BCUT2D eigenvalue weighted by Gasteiger charge is 2.12. The maximum atomic E-state index is 12.1. The molecule has 0 radical (unpaired) electrons. The Morgan fingerprint density at radius 3 is 2.62 bits per heavy atom. The summed E-state index contributed by atoms with van der Waals surface area (Å²) in [5.41, 5.74) is 2.92. The van der Waals surface area contributed by atoms with Gasteiger partial charge in [0.15, 0.2) is 18.1 Å².